The molecule has 0 saturated carbocycles. The monoisotopic (exact) mass is 860 g/mol. The first kappa shape index (κ1) is 44.7. The summed E-state index contributed by atoms with van der Waals surface area (Å²) in [5.41, 5.74) is 12.9. The van der Waals surface area contributed by atoms with E-state index in [2.05, 4.69) is 22.9 Å². The third-order valence-electron chi connectivity index (χ3n) is 9.46. The molecule has 5 rings (SSSR count). The number of hydrogen-bond acceptors (Lipinski definition) is 11. The van der Waals surface area contributed by atoms with Gasteiger partial charge in [0.25, 0.3) is 0 Å². The van der Waals surface area contributed by atoms with Crippen molar-refractivity contribution in [3.05, 3.63) is 125 Å². The van der Waals surface area contributed by atoms with Crippen LogP contribution in [0.5, 0.6) is 11.5 Å². The second kappa shape index (κ2) is 24.5. The number of para-hydroxylation sites is 1. The van der Waals surface area contributed by atoms with Crippen molar-refractivity contribution in [3.63, 3.8) is 0 Å². The third-order valence-corrected chi connectivity index (χ3v) is 11.4. The lowest BCUT2D eigenvalue weighted by Crippen LogP contribution is -2.34. The summed E-state index contributed by atoms with van der Waals surface area (Å²) < 4.78 is 27.5. The lowest BCUT2D eigenvalue weighted by Gasteiger charge is -2.30. The molecule has 2 amide bonds. The predicted molar refractivity (Wildman–Crippen MR) is 239 cm³/mol. The Balaban J connectivity index is 1.13. The van der Waals surface area contributed by atoms with Gasteiger partial charge in [-0.05, 0) is 79.3 Å². The maximum Gasteiger partial charge on any atom is 0.343 e. The zero-order chi connectivity index (χ0) is 41.0. The average molecular weight is 861 g/mol. The number of hydrogen-bond donors (Lipinski definition) is 4. The number of rotatable bonds is 23. The molecule has 0 fully saturated rings. The van der Waals surface area contributed by atoms with Crippen LogP contribution in [0.1, 0.15) is 84.0 Å². The molecule has 1 atom stereocenters. The van der Waals surface area contributed by atoms with Gasteiger partial charge in [0, 0.05) is 42.8 Å². The van der Waals surface area contributed by atoms with E-state index >= 15 is 0 Å². The van der Waals surface area contributed by atoms with E-state index in [1.807, 2.05) is 60.7 Å². The number of amides is 2. The molecule has 0 aliphatic carbocycles. The van der Waals surface area contributed by atoms with Gasteiger partial charge in [-0.1, -0.05) is 78.8 Å². The number of carbonyl (C=O) groups excluding carboxylic acids is 3. The quantitative estimate of drug-likeness (QED) is 0.0187. The van der Waals surface area contributed by atoms with Gasteiger partial charge in [0.15, 0.2) is 0 Å². The Kier molecular flexibility index (Phi) is 18.9. The second-order valence-electron chi connectivity index (χ2n) is 13.5. The molecule has 0 spiro atoms. The normalized spacial score (nSPS) is 13.7. The van der Waals surface area contributed by atoms with Crippen LogP contribution in [0.3, 0.4) is 0 Å². The Morgan fingerprint density at radius 1 is 0.793 bits per heavy atom. The zero-order valence-electron chi connectivity index (χ0n) is 32.3. The topological polar surface area (TPSA) is 149 Å². The number of nitrogens with two attached hydrogens (primary N) is 1. The van der Waals surface area contributed by atoms with Crippen molar-refractivity contribution in [1.82, 2.24) is 10.6 Å². The van der Waals surface area contributed by atoms with Crippen LogP contribution in [-0.4, -0.2) is 44.1 Å². The summed E-state index contributed by atoms with van der Waals surface area (Å²) in [6.45, 7) is 2.50. The first-order valence-electron chi connectivity index (χ1n) is 19.4. The van der Waals surface area contributed by atoms with Gasteiger partial charge in [-0.15, -0.1) is 12.2 Å². The highest BCUT2D eigenvalue weighted by atomic mass is 32.7. The molecular weight excluding hydrogens is 811 g/mol. The summed E-state index contributed by atoms with van der Waals surface area (Å²) in [7, 11) is 0.251. The molecule has 0 saturated heterocycles. The summed E-state index contributed by atoms with van der Waals surface area (Å²) in [5.74, 6) is 1.13. The number of esters is 1. The fourth-order valence-corrected chi connectivity index (χ4v) is 7.96. The highest BCUT2D eigenvalue weighted by Crippen LogP contribution is 2.35. The Morgan fingerprint density at radius 3 is 2.28 bits per heavy atom. The van der Waals surface area contributed by atoms with Gasteiger partial charge in [0.1, 0.15) is 18.1 Å². The highest BCUT2D eigenvalue weighted by Gasteiger charge is 2.26. The van der Waals surface area contributed by atoms with Gasteiger partial charge < -0.3 is 35.3 Å². The third kappa shape index (κ3) is 13.9. The van der Waals surface area contributed by atoms with Crippen molar-refractivity contribution < 1.29 is 32.9 Å². The number of unbranched alkanes of at least 4 members (excludes halogenated alkanes) is 4. The number of carbonyl (C=O) groups is 3. The van der Waals surface area contributed by atoms with Crippen molar-refractivity contribution in [3.8, 4) is 11.5 Å². The molecule has 0 bridgehead atoms. The lowest BCUT2D eigenvalue weighted by molar-refractivity contribution is -0.122. The number of nitrogens with one attached hydrogen (secondary N) is 2. The standard InChI is InChI=1S/C43H50N4O7P2S2/c44-41-37-13-5-6-14-38(37)47(40(49)16-8-7-15-39(48)45-25-9-1-2-10-27-53-56-57)29-33-11-3-4-12-36(33)42(41)46-26-28-52-34-23-19-32(20-24-34)43(50)54-35-21-17-31(18-22-35)30-58-55-51/h3-6,11-14,17-24,46,56-57H,1-2,7-10,15-16,25-30,44H2,(H,45,48)/b42-41-. The summed E-state index contributed by atoms with van der Waals surface area (Å²) in [6, 6.07) is 29.4. The predicted octanol–water partition coefficient (Wildman–Crippen LogP) is 9.34. The molecule has 4 aromatic carbocycles. The van der Waals surface area contributed by atoms with E-state index in [0.717, 1.165) is 65.9 Å². The maximum absolute atomic E-state index is 13.8. The summed E-state index contributed by atoms with van der Waals surface area (Å²) in [6.07, 6.45) is 5.98. The van der Waals surface area contributed by atoms with Gasteiger partial charge in [0.2, 0.25) is 19.5 Å². The Labute approximate surface area is 353 Å². The fourth-order valence-electron chi connectivity index (χ4n) is 6.45. The molecule has 11 nitrogen and oxygen atoms in total. The van der Waals surface area contributed by atoms with Gasteiger partial charge in [-0.3, -0.25) is 14.2 Å². The highest BCUT2D eigenvalue weighted by molar-refractivity contribution is 8.45. The van der Waals surface area contributed by atoms with Gasteiger partial charge in [-0.25, -0.2) is 4.79 Å². The first-order chi connectivity index (χ1) is 28.4. The molecule has 1 heterocycles. The molecule has 1 aliphatic heterocycles. The summed E-state index contributed by atoms with van der Waals surface area (Å²) in [4.78, 5) is 40.8. The number of nitrogens with zero attached hydrogens (tertiary/aromatic N) is 1. The molecule has 58 heavy (non-hydrogen) atoms. The van der Waals surface area contributed by atoms with E-state index in [0.29, 0.717) is 80.4 Å². The van der Waals surface area contributed by atoms with E-state index in [9.17, 15) is 18.9 Å². The number of benzene rings is 4. The van der Waals surface area contributed by atoms with E-state index in [-0.39, 0.29) is 27.5 Å². The zero-order valence-corrected chi connectivity index (χ0v) is 35.9. The van der Waals surface area contributed by atoms with E-state index in [1.54, 1.807) is 41.3 Å². The fraction of sp³-hybridized carbons (Fsp3) is 0.326. The summed E-state index contributed by atoms with van der Waals surface area (Å²) in [5, 5.41) is 6.49. The molecule has 15 heteroatoms. The van der Waals surface area contributed by atoms with Crippen LogP contribution >= 0.6 is 39.3 Å². The smallest absolute Gasteiger partial charge is 0.343 e. The van der Waals surface area contributed by atoms with Crippen LogP contribution in [-0.2, 0) is 31.0 Å². The molecular formula is C43H50N4O7P2S2. The van der Waals surface area contributed by atoms with Gasteiger partial charge >= 0.3 is 5.97 Å². The van der Waals surface area contributed by atoms with Crippen LogP contribution in [0.25, 0.3) is 11.4 Å². The van der Waals surface area contributed by atoms with Gasteiger partial charge in [0.05, 0.1) is 43.8 Å². The maximum atomic E-state index is 13.8. The molecule has 4 N–H and O–H groups in total. The number of thiol groups is 1. The van der Waals surface area contributed by atoms with Crippen molar-refractivity contribution in [2.24, 2.45) is 5.73 Å². The second-order valence-corrected chi connectivity index (χ2v) is 16.5. The van der Waals surface area contributed by atoms with Gasteiger partial charge in [-0.2, -0.15) is 0 Å². The van der Waals surface area contributed by atoms with Crippen LogP contribution in [0.2, 0.25) is 0 Å². The molecule has 4 aromatic rings. The Morgan fingerprint density at radius 2 is 1.50 bits per heavy atom. The largest absolute Gasteiger partial charge is 0.492 e. The first-order valence-corrected chi connectivity index (χ1v) is 24.0. The Bertz CT molecular complexity index is 2000. The Hall–Kier alpha value is -4.38. The van der Waals surface area contributed by atoms with Crippen molar-refractivity contribution in [2.75, 3.05) is 31.2 Å². The number of ether oxygens (including phenoxy) is 2. The van der Waals surface area contributed by atoms with Crippen molar-refractivity contribution in [1.29, 1.82) is 0 Å². The van der Waals surface area contributed by atoms with Crippen LogP contribution in [0, 0.1) is 0 Å². The van der Waals surface area contributed by atoms with E-state index in [1.165, 1.54) is 11.4 Å². The number of fused-ring (bicyclic) bond motifs is 2. The van der Waals surface area contributed by atoms with Crippen LogP contribution in [0.4, 0.5) is 5.69 Å². The van der Waals surface area contributed by atoms with Crippen molar-refractivity contribution in [2.45, 2.75) is 63.7 Å². The molecule has 0 radical (unpaired) electrons. The minimum absolute atomic E-state index is 0.0174. The summed E-state index contributed by atoms with van der Waals surface area (Å²) >= 11 is 5.32. The average Bonchev–Trinajstić information content (AvgIpc) is 3.24. The number of anilines is 1. The minimum Gasteiger partial charge on any atom is -0.492 e. The molecule has 306 valence electrons. The van der Waals surface area contributed by atoms with Crippen LogP contribution in [0.15, 0.2) is 97.1 Å². The van der Waals surface area contributed by atoms with E-state index in [4.69, 9.17) is 19.7 Å². The minimum atomic E-state index is -0.483. The SMILES string of the molecule is N/C1=C(\NCCOc2ccc(C(=O)Oc3ccc(CSP=O)cc3)cc2)c2ccccc2CN(C(=O)CCCCC(=O)NCCCCCCOPS)c2ccccc21. The van der Waals surface area contributed by atoms with Crippen molar-refractivity contribution >= 4 is 74.2 Å². The van der Waals surface area contributed by atoms with Crippen LogP contribution < -0.4 is 30.7 Å². The van der Waals surface area contributed by atoms with E-state index < -0.39 is 5.97 Å². The molecule has 1 aliphatic rings. The molecule has 0 aromatic heterocycles. The molecule has 1 unspecified atom stereocenters. The lowest BCUT2D eigenvalue weighted by atomic mass is 9.95.